The Morgan fingerprint density at radius 2 is 2.00 bits per heavy atom. The highest BCUT2D eigenvalue weighted by Crippen LogP contribution is 2.27. The predicted molar refractivity (Wildman–Crippen MR) is 89.9 cm³/mol. The average Bonchev–Trinajstić information content (AvgIpc) is 2.48. The molecular formula is C16H15BrFN3O3. The van der Waals surface area contributed by atoms with E-state index in [0.717, 1.165) is 4.90 Å². The molecule has 0 fully saturated rings. The Labute approximate surface area is 146 Å². The summed E-state index contributed by atoms with van der Waals surface area (Å²) in [6.45, 7) is 5.14. The number of aldehydes is 1. The number of halogens is 2. The van der Waals surface area contributed by atoms with Crippen LogP contribution in [0.3, 0.4) is 0 Å². The average molecular weight is 396 g/mol. The van der Waals surface area contributed by atoms with Gasteiger partial charge in [0.15, 0.2) is 6.29 Å². The summed E-state index contributed by atoms with van der Waals surface area (Å²) in [7, 11) is 0. The zero-order valence-corrected chi connectivity index (χ0v) is 14.9. The van der Waals surface area contributed by atoms with Crippen molar-refractivity contribution in [2.24, 2.45) is 0 Å². The van der Waals surface area contributed by atoms with E-state index >= 15 is 0 Å². The molecule has 126 valence electrons. The van der Waals surface area contributed by atoms with Crippen molar-refractivity contribution in [3.05, 3.63) is 46.6 Å². The van der Waals surface area contributed by atoms with Gasteiger partial charge in [-0.25, -0.2) is 19.7 Å². The second-order valence-corrected chi connectivity index (χ2v) is 6.63. The topological polar surface area (TPSA) is 72.4 Å². The standard InChI is InChI=1S/C16H15BrFN3O3/c1-16(2,3)24-15(23)21(11-5-6-12(17)19-8-11)13-7-4-10(9-22)14(18)20-13/h4-9H,1-3H3. The smallest absolute Gasteiger partial charge is 0.420 e. The molecule has 2 aromatic rings. The lowest BCUT2D eigenvalue weighted by Crippen LogP contribution is -2.34. The lowest BCUT2D eigenvalue weighted by Gasteiger charge is -2.26. The molecule has 0 N–H and O–H groups in total. The third-order valence-corrected chi connectivity index (χ3v) is 3.23. The van der Waals surface area contributed by atoms with Crippen LogP contribution in [0.4, 0.5) is 20.7 Å². The van der Waals surface area contributed by atoms with Gasteiger partial charge in [-0.15, -0.1) is 0 Å². The van der Waals surface area contributed by atoms with Crippen molar-refractivity contribution < 1.29 is 18.7 Å². The molecule has 0 spiro atoms. The van der Waals surface area contributed by atoms with Crippen molar-refractivity contribution in [2.75, 3.05) is 4.90 Å². The number of rotatable bonds is 3. The van der Waals surface area contributed by atoms with E-state index in [-0.39, 0.29) is 11.4 Å². The molecule has 0 unspecified atom stereocenters. The number of anilines is 2. The van der Waals surface area contributed by atoms with E-state index in [0.29, 0.717) is 16.6 Å². The second-order valence-electron chi connectivity index (χ2n) is 5.82. The Bertz CT molecular complexity index is 760. The van der Waals surface area contributed by atoms with Gasteiger partial charge in [-0.05, 0) is 61.0 Å². The van der Waals surface area contributed by atoms with E-state index in [1.54, 1.807) is 32.9 Å². The number of pyridine rings is 2. The first-order valence-corrected chi connectivity index (χ1v) is 7.77. The zero-order chi connectivity index (χ0) is 17.9. The molecule has 0 atom stereocenters. The molecule has 0 bridgehead atoms. The van der Waals surface area contributed by atoms with Gasteiger partial charge >= 0.3 is 6.09 Å². The van der Waals surface area contributed by atoms with Crippen LogP contribution in [0, 0.1) is 5.95 Å². The molecule has 6 nitrogen and oxygen atoms in total. The summed E-state index contributed by atoms with van der Waals surface area (Å²) in [5.74, 6) is -0.988. The minimum absolute atomic E-state index is 0.0172. The van der Waals surface area contributed by atoms with Crippen molar-refractivity contribution in [2.45, 2.75) is 26.4 Å². The molecule has 0 saturated heterocycles. The zero-order valence-electron chi connectivity index (χ0n) is 13.3. The molecule has 24 heavy (non-hydrogen) atoms. The summed E-state index contributed by atoms with van der Waals surface area (Å²) in [6, 6.07) is 5.84. The van der Waals surface area contributed by atoms with E-state index < -0.39 is 17.6 Å². The number of nitrogens with zero attached hydrogens (tertiary/aromatic N) is 3. The fraction of sp³-hybridized carbons (Fsp3) is 0.250. The Morgan fingerprint density at radius 3 is 2.50 bits per heavy atom. The number of hydrogen-bond acceptors (Lipinski definition) is 5. The molecule has 2 aromatic heterocycles. The summed E-state index contributed by atoms with van der Waals surface area (Å²) >= 11 is 3.21. The monoisotopic (exact) mass is 395 g/mol. The molecule has 1 amide bonds. The molecule has 0 saturated carbocycles. The van der Waals surface area contributed by atoms with Crippen molar-refractivity contribution in [3.63, 3.8) is 0 Å². The highest BCUT2D eigenvalue weighted by atomic mass is 79.9. The summed E-state index contributed by atoms with van der Waals surface area (Å²) in [4.78, 5) is 32.1. The number of aromatic nitrogens is 2. The Morgan fingerprint density at radius 1 is 1.29 bits per heavy atom. The number of ether oxygens (including phenoxy) is 1. The normalized spacial score (nSPS) is 11.0. The highest BCUT2D eigenvalue weighted by molar-refractivity contribution is 9.10. The van der Waals surface area contributed by atoms with Gasteiger partial charge in [0.05, 0.1) is 17.4 Å². The first kappa shape index (κ1) is 18.0. The van der Waals surface area contributed by atoms with Crippen LogP contribution in [0.15, 0.2) is 35.1 Å². The van der Waals surface area contributed by atoms with Gasteiger partial charge in [-0.2, -0.15) is 4.39 Å². The predicted octanol–water partition coefficient (Wildman–Crippen LogP) is 4.26. The molecule has 8 heteroatoms. The van der Waals surface area contributed by atoms with Gasteiger partial charge in [-0.1, -0.05) is 0 Å². The highest BCUT2D eigenvalue weighted by Gasteiger charge is 2.26. The molecule has 0 radical (unpaired) electrons. The van der Waals surface area contributed by atoms with Crippen LogP contribution in [-0.2, 0) is 4.74 Å². The van der Waals surface area contributed by atoms with E-state index in [1.807, 2.05) is 0 Å². The first-order valence-electron chi connectivity index (χ1n) is 6.97. The maximum absolute atomic E-state index is 13.8. The second kappa shape index (κ2) is 7.04. The van der Waals surface area contributed by atoms with Crippen molar-refractivity contribution >= 4 is 39.8 Å². The van der Waals surface area contributed by atoms with Gasteiger partial charge < -0.3 is 4.74 Å². The minimum Gasteiger partial charge on any atom is -0.443 e. The summed E-state index contributed by atoms with van der Waals surface area (Å²) < 4.78 is 19.8. The van der Waals surface area contributed by atoms with Gasteiger partial charge in [-0.3, -0.25) is 4.79 Å². The minimum atomic E-state index is -0.971. The molecular weight excluding hydrogens is 381 g/mol. The lowest BCUT2D eigenvalue weighted by atomic mass is 10.2. The molecule has 0 aliphatic heterocycles. The van der Waals surface area contributed by atoms with E-state index in [2.05, 4.69) is 25.9 Å². The van der Waals surface area contributed by atoms with Crippen molar-refractivity contribution in [1.82, 2.24) is 9.97 Å². The Kier molecular flexibility index (Phi) is 5.28. The van der Waals surface area contributed by atoms with Gasteiger partial charge in [0.25, 0.3) is 0 Å². The van der Waals surface area contributed by atoms with Crippen LogP contribution in [0.2, 0.25) is 0 Å². The van der Waals surface area contributed by atoms with Crippen LogP contribution in [0.5, 0.6) is 0 Å². The summed E-state index contributed by atoms with van der Waals surface area (Å²) in [5.41, 5.74) is -0.602. The van der Waals surface area contributed by atoms with E-state index in [9.17, 15) is 14.0 Å². The van der Waals surface area contributed by atoms with Gasteiger partial charge in [0, 0.05) is 0 Å². The van der Waals surface area contributed by atoms with Crippen molar-refractivity contribution in [3.8, 4) is 0 Å². The SMILES string of the molecule is CC(C)(C)OC(=O)N(c1ccc(Br)nc1)c1ccc(C=O)c(F)n1. The fourth-order valence-corrected chi connectivity index (χ4v) is 2.02. The summed E-state index contributed by atoms with van der Waals surface area (Å²) in [6.07, 6.45) is 1.03. The molecule has 0 aromatic carbocycles. The third kappa shape index (κ3) is 4.35. The van der Waals surface area contributed by atoms with E-state index in [4.69, 9.17) is 4.74 Å². The lowest BCUT2D eigenvalue weighted by molar-refractivity contribution is 0.0598. The van der Waals surface area contributed by atoms with Crippen LogP contribution < -0.4 is 4.90 Å². The maximum Gasteiger partial charge on any atom is 0.420 e. The number of amides is 1. The van der Waals surface area contributed by atoms with E-state index in [1.165, 1.54) is 18.3 Å². The molecule has 0 aliphatic carbocycles. The molecule has 2 rings (SSSR count). The largest absolute Gasteiger partial charge is 0.443 e. The quantitative estimate of drug-likeness (QED) is 0.573. The van der Waals surface area contributed by atoms with Crippen LogP contribution in [0.25, 0.3) is 0 Å². The number of carbonyl (C=O) groups excluding carboxylic acids is 2. The summed E-state index contributed by atoms with van der Waals surface area (Å²) in [5, 5.41) is 0. The van der Waals surface area contributed by atoms with Crippen LogP contribution in [-0.4, -0.2) is 27.9 Å². The van der Waals surface area contributed by atoms with Crippen molar-refractivity contribution in [1.29, 1.82) is 0 Å². The third-order valence-electron chi connectivity index (χ3n) is 2.76. The fourth-order valence-electron chi connectivity index (χ4n) is 1.79. The Balaban J connectivity index is 2.50. The van der Waals surface area contributed by atoms with Crippen LogP contribution >= 0.6 is 15.9 Å². The number of hydrogen-bond donors (Lipinski definition) is 0. The van der Waals surface area contributed by atoms with Crippen LogP contribution in [0.1, 0.15) is 31.1 Å². The number of carbonyl (C=O) groups is 2. The molecule has 2 heterocycles. The first-order chi connectivity index (χ1) is 11.2. The molecule has 0 aliphatic rings. The van der Waals surface area contributed by atoms with Gasteiger partial charge in [0.1, 0.15) is 16.0 Å². The van der Waals surface area contributed by atoms with Gasteiger partial charge in [0.2, 0.25) is 5.95 Å². The maximum atomic E-state index is 13.8. The Hall–Kier alpha value is -2.35.